The average Bonchev–Trinajstić information content (AvgIpc) is 2.89. The van der Waals surface area contributed by atoms with Gasteiger partial charge in [0.25, 0.3) is 0 Å². The summed E-state index contributed by atoms with van der Waals surface area (Å²) in [4.78, 5) is 23.7. The number of nitrogens with one attached hydrogen (secondary N) is 2. The zero-order valence-corrected chi connectivity index (χ0v) is 22.6. The van der Waals surface area contributed by atoms with Gasteiger partial charge >= 0.3 is 12.1 Å². The van der Waals surface area contributed by atoms with E-state index in [1.54, 1.807) is 0 Å². The number of alkyl carbamates (subject to hydrolysis) is 1. The highest BCUT2D eigenvalue weighted by Gasteiger charge is 2.35. The molecular formula is C30H36N2O4S. The van der Waals surface area contributed by atoms with Crippen molar-refractivity contribution in [2.24, 2.45) is 0 Å². The Balaban J connectivity index is 1.55. The Hall–Kier alpha value is -3.29. The van der Waals surface area contributed by atoms with E-state index in [2.05, 4.69) is 83.4 Å². The zero-order valence-electron chi connectivity index (χ0n) is 21.7. The van der Waals surface area contributed by atoms with Crippen LogP contribution >= 0.6 is 11.8 Å². The summed E-state index contributed by atoms with van der Waals surface area (Å²) in [7, 11) is 0. The van der Waals surface area contributed by atoms with Gasteiger partial charge in [-0.3, -0.25) is 10.1 Å². The number of carbonyl (C=O) groups excluding carboxylic acids is 2. The number of hydrogen-bond acceptors (Lipinski definition) is 6. The Morgan fingerprint density at radius 1 is 0.757 bits per heavy atom. The minimum Gasteiger partial charge on any atom is -0.460 e. The number of ether oxygens (including phenoxy) is 2. The van der Waals surface area contributed by atoms with Crippen molar-refractivity contribution in [3.05, 3.63) is 108 Å². The number of thioether (sulfide) groups is 1. The highest BCUT2D eigenvalue weighted by atomic mass is 32.2. The van der Waals surface area contributed by atoms with E-state index in [4.69, 9.17) is 9.47 Å². The summed E-state index contributed by atoms with van der Waals surface area (Å²) in [6.07, 6.45) is -0.444. The van der Waals surface area contributed by atoms with Gasteiger partial charge in [0.15, 0.2) is 0 Å². The van der Waals surface area contributed by atoms with Crippen LogP contribution in [0.25, 0.3) is 0 Å². The summed E-state index contributed by atoms with van der Waals surface area (Å²) < 4.78 is 10.5. The van der Waals surface area contributed by atoms with Crippen LogP contribution in [0.3, 0.4) is 0 Å². The molecular weight excluding hydrogens is 484 g/mol. The van der Waals surface area contributed by atoms with Crippen LogP contribution in [0.1, 0.15) is 43.9 Å². The van der Waals surface area contributed by atoms with Crippen molar-refractivity contribution in [1.82, 2.24) is 10.6 Å². The lowest BCUT2D eigenvalue weighted by molar-refractivity contribution is -0.154. The third kappa shape index (κ3) is 8.65. The molecule has 3 aromatic carbocycles. The minimum atomic E-state index is -0.545. The predicted molar refractivity (Wildman–Crippen MR) is 149 cm³/mol. The fourth-order valence-corrected chi connectivity index (χ4v) is 4.60. The molecule has 0 bridgehead atoms. The van der Waals surface area contributed by atoms with Gasteiger partial charge in [-0.25, -0.2) is 4.79 Å². The topological polar surface area (TPSA) is 76.7 Å². The Bertz CT molecular complexity index is 1010. The average molecular weight is 521 g/mol. The number of amides is 1. The van der Waals surface area contributed by atoms with Gasteiger partial charge in [0, 0.05) is 18.8 Å². The van der Waals surface area contributed by atoms with Crippen LogP contribution in [0.5, 0.6) is 0 Å². The Labute approximate surface area is 224 Å². The lowest BCUT2D eigenvalue weighted by atomic mass is 9.77. The lowest BCUT2D eigenvalue weighted by Crippen LogP contribution is -2.45. The van der Waals surface area contributed by atoms with Crippen LogP contribution in [-0.2, 0) is 19.8 Å². The maximum Gasteiger partial charge on any atom is 0.407 e. The largest absolute Gasteiger partial charge is 0.460 e. The second-order valence-corrected chi connectivity index (χ2v) is 10.5. The van der Waals surface area contributed by atoms with Gasteiger partial charge in [-0.15, -0.1) is 11.8 Å². The van der Waals surface area contributed by atoms with Crippen molar-refractivity contribution in [3.8, 4) is 0 Å². The molecule has 0 aliphatic rings. The number of rotatable bonds is 12. The summed E-state index contributed by atoms with van der Waals surface area (Å²) >= 11 is 1.52. The molecule has 0 aromatic heterocycles. The SMILES string of the molecule is CC(C)(C)OC(=O)CCNC(=O)OCSCCNC(c1ccccc1)(c1ccccc1)c1ccccc1. The first-order valence-corrected chi connectivity index (χ1v) is 13.6. The van der Waals surface area contributed by atoms with E-state index < -0.39 is 17.2 Å². The molecule has 3 rings (SSSR count). The van der Waals surface area contributed by atoms with Gasteiger partial charge in [0.05, 0.1) is 12.0 Å². The minimum absolute atomic E-state index is 0.101. The molecule has 0 aliphatic carbocycles. The molecule has 7 heteroatoms. The summed E-state index contributed by atoms with van der Waals surface area (Å²) in [6.45, 7) is 6.29. The van der Waals surface area contributed by atoms with E-state index in [0.717, 1.165) is 22.4 Å². The first-order chi connectivity index (χ1) is 17.8. The fraction of sp³-hybridized carbons (Fsp3) is 0.333. The van der Waals surface area contributed by atoms with Crippen molar-refractivity contribution in [3.63, 3.8) is 0 Å². The van der Waals surface area contributed by atoms with Crippen LogP contribution in [0.2, 0.25) is 0 Å². The smallest absolute Gasteiger partial charge is 0.407 e. The number of hydrogen-bond donors (Lipinski definition) is 2. The summed E-state index contributed by atoms with van der Waals surface area (Å²) in [5.74, 6) is 0.598. The molecule has 3 aromatic rings. The molecule has 0 aliphatic heterocycles. The molecule has 0 atom stereocenters. The molecule has 0 heterocycles. The summed E-state index contributed by atoms with van der Waals surface area (Å²) in [5, 5.41) is 6.40. The molecule has 2 N–H and O–H groups in total. The van der Waals surface area contributed by atoms with Crippen molar-refractivity contribution in [1.29, 1.82) is 0 Å². The number of esters is 1. The first kappa shape index (κ1) is 28.3. The van der Waals surface area contributed by atoms with Crippen molar-refractivity contribution < 1.29 is 19.1 Å². The molecule has 1 amide bonds. The highest BCUT2D eigenvalue weighted by molar-refractivity contribution is 7.99. The monoisotopic (exact) mass is 520 g/mol. The Morgan fingerprint density at radius 3 is 1.70 bits per heavy atom. The van der Waals surface area contributed by atoms with Crippen molar-refractivity contribution >= 4 is 23.8 Å². The van der Waals surface area contributed by atoms with Crippen LogP contribution in [-0.4, -0.2) is 42.4 Å². The molecule has 6 nitrogen and oxygen atoms in total. The molecule has 0 saturated heterocycles. The van der Waals surface area contributed by atoms with E-state index in [9.17, 15) is 9.59 Å². The van der Waals surface area contributed by atoms with E-state index in [-0.39, 0.29) is 24.9 Å². The zero-order chi connectivity index (χ0) is 26.6. The van der Waals surface area contributed by atoms with Gasteiger partial charge in [-0.2, -0.15) is 0 Å². The highest BCUT2D eigenvalue weighted by Crippen LogP contribution is 2.36. The first-order valence-electron chi connectivity index (χ1n) is 12.4. The Morgan fingerprint density at radius 2 is 1.24 bits per heavy atom. The predicted octanol–water partition coefficient (Wildman–Crippen LogP) is 5.72. The van der Waals surface area contributed by atoms with E-state index in [0.29, 0.717) is 6.54 Å². The third-order valence-corrected chi connectivity index (χ3v) is 6.33. The Kier molecular flexibility index (Phi) is 10.6. The summed E-state index contributed by atoms with van der Waals surface area (Å²) in [6, 6.07) is 31.3. The van der Waals surface area contributed by atoms with E-state index in [1.807, 2.05) is 39.0 Å². The normalized spacial score (nSPS) is 11.5. The molecule has 0 fully saturated rings. The molecule has 37 heavy (non-hydrogen) atoms. The fourth-order valence-electron chi connectivity index (χ4n) is 4.05. The molecule has 0 unspecified atom stereocenters. The molecule has 0 saturated carbocycles. The maximum absolute atomic E-state index is 11.9. The van der Waals surface area contributed by atoms with Crippen LogP contribution in [0.15, 0.2) is 91.0 Å². The van der Waals surface area contributed by atoms with E-state index >= 15 is 0 Å². The molecule has 0 radical (unpaired) electrons. The van der Waals surface area contributed by atoms with Crippen molar-refractivity contribution in [2.75, 3.05) is 24.8 Å². The lowest BCUT2D eigenvalue weighted by Gasteiger charge is -2.37. The maximum atomic E-state index is 11.9. The van der Waals surface area contributed by atoms with Crippen LogP contribution in [0, 0.1) is 0 Å². The van der Waals surface area contributed by atoms with Crippen LogP contribution < -0.4 is 10.6 Å². The standard InChI is InChI=1S/C30H36N2O4S/c1-29(2,3)36-27(33)19-20-31-28(34)35-23-37-22-21-32-30(24-13-7-4-8-14-24,25-15-9-5-10-16-25)26-17-11-6-12-18-26/h4-18,32H,19-23H2,1-3H3,(H,31,34). The van der Waals surface area contributed by atoms with Gasteiger partial charge in [0.2, 0.25) is 0 Å². The molecule has 0 spiro atoms. The third-order valence-electron chi connectivity index (χ3n) is 5.55. The van der Waals surface area contributed by atoms with Crippen LogP contribution in [0.4, 0.5) is 4.79 Å². The van der Waals surface area contributed by atoms with Gasteiger partial charge in [0.1, 0.15) is 11.5 Å². The molecule has 196 valence electrons. The van der Waals surface area contributed by atoms with E-state index in [1.165, 1.54) is 11.8 Å². The number of benzene rings is 3. The second-order valence-electron chi connectivity index (χ2n) is 9.50. The second kappa shape index (κ2) is 13.9. The van der Waals surface area contributed by atoms with Gasteiger partial charge in [-0.1, -0.05) is 91.0 Å². The van der Waals surface area contributed by atoms with Gasteiger partial charge < -0.3 is 14.8 Å². The summed E-state index contributed by atoms with van der Waals surface area (Å²) in [5.41, 5.74) is 2.39. The van der Waals surface area contributed by atoms with Gasteiger partial charge in [-0.05, 0) is 37.5 Å². The van der Waals surface area contributed by atoms with Crippen molar-refractivity contribution in [2.45, 2.75) is 38.3 Å². The number of carbonyl (C=O) groups is 2. The quantitative estimate of drug-likeness (QED) is 0.138.